The molecule has 0 aromatic heterocycles. The van der Waals surface area contributed by atoms with Crippen LogP contribution >= 0.6 is 11.6 Å². The molecule has 2 rings (SSSR count). The van der Waals surface area contributed by atoms with E-state index in [1.54, 1.807) is 12.1 Å². The molecule has 0 saturated carbocycles. The minimum atomic E-state index is -0.585. The third kappa shape index (κ3) is 6.77. The number of hydrogen-bond donors (Lipinski definition) is 1. The molecule has 1 aliphatic rings. The average Bonchev–Trinajstić information content (AvgIpc) is 2.56. The lowest BCUT2D eigenvalue weighted by molar-refractivity contribution is 0.134. The number of anilines is 1. The van der Waals surface area contributed by atoms with Gasteiger partial charge in [-0.15, -0.1) is 0 Å². The lowest BCUT2D eigenvalue weighted by Gasteiger charge is -2.33. The standard InChI is InChI=1S/C17H26ClN3O2/c1-2-20-10-12-21(13-11-20)9-3-4-14-23-16-7-5-15(6-8-16)19-17(18)22/h5-8H,2-4,9-14H2,1H3,(H,19,22). The van der Waals surface area contributed by atoms with Crippen LogP contribution in [0.15, 0.2) is 24.3 Å². The van der Waals surface area contributed by atoms with Crippen LogP contribution in [0.25, 0.3) is 0 Å². The van der Waals surface area contributed by atoms with Gasteiger partial charge in [0.1, 0.15) is 5.75 Å². The molecule has 128 valence electrons. The van der Waals surface area contributed by atoms with Gasteiger partial charge in [-0.05, 0) is 61.8 Å². The Kier molecular flexibility index (Phi) is 7.65. The van der Waals surface area contributed by atoms with Gasteiger partial charge in [-0.3, -0.25) is 4.79 Å². The van der Waals surface area contributed by atoms with E-state index in [9.17, 15) is 4.79 Å². The number of unbranched alkanes of at least 4 members (excludes halogenated alkanes) is 1. The minimum Gasteiger partial charge on any atom is -0.494 e. The van der Waals surface area contributed by atoms with Gasteiger partial charge in [0.15, 0.2) is 0 Å². The first-order chi connectivity index (χ1) is 11.2. The molecular formula is C17H26ClN3O2. The first-order valence-corrected chi connectivity index (χ1v) is 8.69. The molecule has 1 aromatic rings. The molecule has 0 radical (unpaired) electrons. The summed E-state index contributed by atoms with van der Waals surface area (Å²) in [4.78, 5) is 15.8. The number of benzene rings is 1. The fraction of sp³-hybridized carbons (Fsp3) is 0.588. The van der Waals surface area contributed by atoms with Crippen LogP contribution in [0.4, 0.5) is 10.5 Å². The largest absolute Gasteiger partial charge is 0.494 e. The summed E-state index contributed by atoms with van der Waals surface area (Å²) in [7, 11) is 0. The van der Waals surface area contributed by atoms with Gasteiger partial charge in [0, 0.05) is 31.9 Å². The second-order valence-corrected chi connectivity index (χ2v) is 6.10. The van der Waals surface area contributed by atoms with Gasteiger partial charge in [-0.25, -0.2) is 0 Å². The summed E-state index contributed by atoms with van der Waals surface area (Å²) in [5, 5.41) is 1.93. The first kappa shape index (κ1) is 18.0. The van der Waals surface area contributed by atoms with E-state index in [2.05, 4.69) is 22.0 Å². The Bertz CT molecular complexity index is 473. The zero-order valence-corrected chi connectivity index (χ0v) is 14.5. The Morgan fingerprint density at radius 1 is 1.13 bits per heavy atom. The summed E-state index contributed by atoms with van der Waals surface area (Å²) in [6, 6.07) is 7.24. The second kappa shape index (κ2) is 9.75. The number of likely N-dealkylation sites (N-methyl/N-ethyl adjacent to an activating group) is 1. The number of nitrogens with zero attached hydrogens (tertiary/aromatic N) is 2. The Hall–Kier alpha value is -1.30. The maximum atomic E-state index is 10.7. The Morgan fingerprint density at radius 2 is 1.78 bits per heavy atom. The lowest BCUT2D eigenvalue weighted by atomic mass is 10.2. The highest BCUT2D eigenvalue weighted by Gasteiger charge is 2.14. The normalized spacial score (nSPS) is 16.3. The molecule has 0 atom stereocenters. The molecule has 0 spiro atoms. The molecule has 0 unspecified atom stereocenters. The van der Waals surface area contributed by atoms with Gasteiger partial charge in [0.25, 0.3) is 0 Å². The number of piperazine rings is 1. The molecule has 0 bridgehead atoms. The minimum absolute atomic E-state index is 0.585. The SMILES string of the molecule is CCN1CCN(CCCCOc2ccc(NC(=O)Cl)cc2)CC1. The quantitative estimate of drug-likeness (QED) is 0.448. The smallest absolute Gasteiger partial charge is 0.318 e. The molecular weight excluding hydrogens is 314 g/mol. The van der Waals surface area contributed by atoms with Crippen molar-refractivity contribution in [2.24, 2.45) is 0 Å². The third-order valence-electron chi connectivity index (χ3n) is 4.15. The fourth-order valence-corrected chi connectivity index (χ4v) is 2.81. The molecule has 1 fully saturated rings. The number of halogens is 1. The van der Waals surface area contributed by atoms with Crippen molar-refractivity contribution in [2.45, 2.75) is 19.8 Å². The van der Waals surface area contributed by atoms with Crippen LogP contribution in [0.2, 0.25) is 0 Å². The maximum absolute atomic E-state index is 10.7. The van der Waals surface area contributed by atoms with Crippen molar-refractivity contribution in [3.63, 3.8) is 0 Å². The average molecular weight is 340 g/mol. The van der Waals surface area contributed by atoms with Crippen LogP contribution in [0.3, 0.4) is 0 Å². The Balaban J connectivity index is 1.56. The van der Waals surface area contributed by atoms with Crippen molar-refractivity contribution in [3.8, 4) is 5.75 Å². The van der Waals surface area contributed by atoms with Crippen LogP contribution in [0, 0.1) is 0 Å². The van der Waals surface area contributed by atoms with E-state index >= 15 is 0 Å². The Labute approximate surface area is 143 Å². The van der Waals surface area contributed by atoms with Crippen molar-refractivity contribution < 1.29 is 9.53 Å². The molecule has 1 aliphatic heterocycles. The van der Waals surface area contributed by atoms with Crippen LogP contribution in [0.5, 0.6) is 5.75 Å². The highest BCUT2D eigenvalue weighted by molar-refractivity contribution is 6.65. The van der Waals surface area contributed by atoms with Gasteiger partial charge in [0.05, 0.1) is 6.61 Å². The third-order valence-corrected chi connectivity index (χ3v) is 4.24. The summed E-state index contributed by atoms with van der Waals surface area (Å²) in [5.74, 6) is 0.814. The summed E-state index contributed by atoms with van der Waals surface area (Å²) < 4.78 is 5.72. The molecule has 23 heavy (non-hydrogen) atoms. The zero-order chi connectivity index (χ0) is 16.5. The van der Waals surface area contributed by atoms with Gasteiger partial charge < -0.3 is 19.9 Å². The Morgan fingerprint density at radius 3 is 2.39 bits per heavy atom. The highest BCUT2D eigenvalue weighted by Crippen LogP contribution is 2.16. The van der Waals surface area contributed by atoms with Crippen molar-refractivity contribution in [2.75, 3.05) is 51.2 Å². The van der Waals surface area contributed by atoms with Gasteiger partial charge in [0.2, 0.25) is 0 Å². The van der Waals surface area contributed by atoms with Gasteiger partial charge in [-0.1, -0.05) is 6.92 Å². The van der Waals surface area contributed by atoms with Gasteiger partial charge in [-0.2, -0.15) is 0 Å². The number of rotatable bonds is 8. The summed E-state index contributed by atoms with van der Waals surface area (Å²) in [6.07, 6.45) is 2.21. The summed E-state index contributed by atoms with van der Waals surface area (Å²) >= 11 is 5.26. The molecule has 6 heteroatoms. The van der Waals surface area contributed by atoms with Crippen molar-refractivity contribution in [1.82, 2.24) is 9.80 Å². The number of nitrogens with one attached hydrogen (secondary N) is 1. The second-order valence-electron chi connectivity index (χ2n) is 5.75. The van der Waals surface area contributed by atoms with Crippen molar-refractivity contribution >= 4 is 22.7 Å². The molecule has 5 nitrogen and oxygen atoms in total. The number of carbonyl (C=O) groups is 1. The predicted octanol–water partition coefficient (Wildman–Crippen LogP) is 3.25. The zero-order valence-electron chi connectivity index (χ0n) is 13.8. The molecule has 1 amide bonds. The molecule has 1 heterocycles. The van der Waals surface area contributed by atoms with Gasteiger partial charge >= 0.3 is 5.37 Å². The summed E-state index contributed by atoms with van der Waals surface area (Å²) in [5.41, 5.74) is 0.670. The maximum Gasteiger partial charge on any atom is 0.318 e. The monoisotopic (exact) mass is 339 g/mol. The van der Waals surface area contributed by atoms with Crippen molar-refractivity contribution in [3.05, 3.63) is 24.3 Å². The predicted molar refractivity (Wildman–Crippen MR) is 94.6 cm³/mol. The number of hydrogen-bond acceptors (Lipinski definition) is 4. The lowest BCUT2D eigenvalue weighted by Crippen LogP contribution is -2.46. The van der Waals surface area contributed by atoms with E-state index in [4.69, 9.17) is 16.3 Å². The molecule has 1 N–H and O–H groups in total. The number of amides is 1. The van der Waals surface area contributed by atoms with Crippen LogP contribution < -0.4 is 10.1 Å². The van der Waals surface area contributed by atoms with E-state index in [1.807, 2.05) is 12.1 Å². The number of carbonyl (C=O) groups excluding carboxylic acids is 1. The topological polar surface area (TPSA) is 44.8 Å². The van der Waals surface area contributed by atoms with E-state index in [0.717, 1.165) is 38.3 Å². The van der Waals surface area contributed by atoms with Crippen LogP contribution in [0.1, 0.15) is 19.8 Å². The molecule has 1 saturated heterocycles. The highest BCUT2D eigenvalue weighted by atomic mass is 35.5. The van der Waals surface area contributed by atoms with Crippen LogP contribution in [-0.4, -0.2) is 61.0 Å². The fourth-order valence-electron chi connectivity index (χ4n) is 2.70. The van der Waals surface area contributed by atoms with Crippen molar-refractivity contribution in [1.29, 1.82) is 0 Å². The summed E-state index contributed by atoms with van der Waals surface area (Å²) in [6.45, 7) is 10.0. The molecule has 1 aromatic carbocycles. The number of ether oxygens (including phenoxy) is 1. The van der Waals surface area contributed by atoms with E-state index in [0.29, 0.717) is 5.69 Å². The van der Waals surface area contributed by atoms with E-state index < -0.39 is 5.37 Å². The molecule has 0 aliphatic carbocycles. The first-order valence-electron chi connectivity index (χ1n) is 8.31. The van der Waals surface area contributed by atoms with Crippen LogP contribution in [-0.2, 0) is 0 Å². The van der Waals surface area contributed by atoms with E-state index in [1.165, 1.54) is 26.2 Å². The van der Waals surface area contributed by atoms with E-state index in [-0.39, 0.29) is 0 Å².